The number of hydrogen-bond acceptors (Lipinski definition) is 0. The van der Waals surface area contributed by atoms with Crippen molar-refractivity contribution in [2.45, 2.75) is 44.9 Å². The molecule has 0 heteroatoms. The van der Waals surface area contributed by atoms with E-state index in [1.54, 1.807) is 44.9 Å². The van der Waals surface area contributed by atoms with Gasteiger partial charge in [0, 0.05) is 0 Å². The Morgan fingerprint density at radius 2 is 1.15 bits per heavy atom. The molecule has 0 saturated heterocycles. The molecule has 0 aromatic heterocycles. The highest BCUT2D eigenvalue weighted by Crippen LogP contribution is 2.66. The topological polar surface area (TPSA) is 0 Å². The summed E-state index contributed by atoms with van der Waals surface area (Å²) in [5.41, 5.74) is 0. The van der Waals surface area contributed by atoms with E-state index < -0.39 is 0 Å². The number of hydrogen-bond donors (Lipinski definition) is 0. The molecule has 4 rings (SSSR count). The summed E-state index contributed by atoms with van der Waals surface area (Å²) < 4.78 is 0. The van der Waals surface area contributed by atoms with Gasteiger partial charge in [0.15, 0.2) is 0 Å². The van der Waals surface area contributed by atoms with Gasteiger partial charge in [-0.25, -0.2) is 0 Å². The molecule has 0 radical (unpaired) electrons. The summed E-state index contributed by atoms with van der Waals surface area (Å²) in [6.07, 6.45) is 11.2. The molecule has 0 aliphatic heterocycles. The predicted octanol–water partition coefficient (Wildman–Crippen LogP) is 3.47. The Balaban J connectivity index is 1.75. The Hall–Kier alpha value is 0. The Kier molecular flexibility index (Phi) is 1.31. The molecule has 4 unspecified atom stereocenters. The normalized spacial score (nSPS) is 62.8. The van der Waals surface area contributed by atoms with E-state index in [2.05, 4.69) is 0 Å². The molecule has 4 atom stereocenters. The molecule has 4 aliphatic carbocycles. The van der Waals surface area contributed by atoms with Gasteiger partial charge >= 0.3 is 0 Å². The van der Waals surface area contributed by atoms with Gasteiger partial charge in [0.05, 0.1) is 0 Å². The lowest BCUT2D eigenvalue weighted by molar-refractivity contribution is 0.313. The molecule has 0 nitrogen and oxygen atoms in total. The summed E-state index contributed by atoms with van der Waals surface area (Å²) >= 11 is 0. The third-order valence-corrected chi connectivity index (χ3v) is 6.00. The minimum Gasteiger partial charge on any atom is -0.0527 e. The maximum Gasteiger partial charge on any atom is -0.0323 e. The quantitative estimate of drug-likeness (QED) is 0.530. The van der Waals surface area contributed by atoms with Crippen LogP contribution in [0.5, 0.6) is 0 Å². The Bertz CT molecular complexity index is 210. The average molecular weight is 176 g/mol. The summed E-state index contributed by atoms with van der Waals surface area (Å²) in [6.45, 7) is 0. The van der Waals surface area contributed by atoms with Gasteiger partial charge < -0.3 is 0 Å². The first-order chi connectivity index (χ1) is 6.45. The zero-order valence-corrected chi connectivity index (χ0v) is 8.41. The zero-order valence-electron chi connectivity index (χ0n) is 8.41. The average Bonchev–Trinajstić information content (AvgIpc) is 2.79. The molecule has 4 fully saturated rings. The van der Waals surface area contributed by atoms with Crippen molar-refractivity contribution in [2.75, 3.05) is 0 Å². The summed E-state index contributed by atoms with van der Waals surface area (Å²) in [5, 5.41) is 0. The van der Waals surface area contributed by atoms with E-state index in [-0.39, 0.29) is 0 Å². The van der Waals surface area contributed by atoms with Gasteiger partial charge in [-0.2, -0.15) is 0 Å². The standard InChI is InChI=1S/C13H20/c1-2-9-10(3-1)12-7-5-8-4-6-11(9)13(8)12/h8-13H,1-7H2. The summed E-state index contributed by atoms with van der Waals surface area (Å²) in [4.78, 5) is 0. The molecule has 13 heavy (non-hydrogen) atoms. The van der Waals surface area contributed by atoms with Crippen LogP contribution in [0.3, 0.4) is 0 Å². The smallest absolute Gasteiger partial charge is 0.0323 e. The molecule has 0 heterocycles. The van der Waals surface area contributed by atoms with Gasteiger partial charge in [0.1, 0.15) is 0 Å². The van der Waals surface area contributed by atoms with Crippen molar-refractivity contribution in [3.63, 3.8) is 0 Å². The Morgan fingerprint density at radius 1 is 0.538 bits per heavy atom. The highest BCUT2D eigenvalue weighted by Gasteiger charge is 2.58. The SMILES string of the molecule is C1CC2C(C1)C1CCC3CCC2C31. The molecular formula is C13H20. The zero-order chi connectivity index (χ0) is 8.41. The second-order valence-corrected chi connectivity index (χ2v) is 6.08. The minimum atomic E-state index is 1.19. The van der Waals surface area contributed by atoms with E-state index in [1.807, 2.05) is 0 Å². The van der Waals surface area contributed by atoms with Crippen LogP contribution in [0.25, 0.3) is 0 Å². The fourth-order valence-electron chi connectivity index (χ4n) is 5.82. The van der Waals surface area contributed by atoms with Gasteiger partial charge in [0.2, 0.25) is 0 Å². The lowest BCUT2D eigenvalue weighted by Gasteiger charge is -2.17. The van der Waals surface area contributed by atoms with Crippen molar-refractivity contribution in [1.82, 2.24) is 0 Å². The van der Waals surface area contributed by atoms with Crippen LogP contribution in [0.2, 0.25) is 0 Å². The molecule has 4 aliphatic rings. The number of fused-ring (bicyclic) bond motifs is 3. The van der Waals surface area contributed by atoms with Crippen LogP contribution in [-0.2, 0) is 0 Å². The highest BCUT2D eigenvalue weighted by atomic mass is 14.6. The van der Waals surface area contributed by atoms with Crippen LogP contribution in [0.1, 0.15) is 44.9 Å². The largest absolute Gasteiger partial charge is 0.0527 e. The third kappa shape index (κ3) is 0.750. The van der Waals surface area contributed by atoms with Crippen molar-refractivity contribution in [3.8, 4) is 0 Å². The molecule has 4 saturated carbocycles. The van der Waals surface area contributed by atoms with E-state index in [0.29, 0.717) is 0 Å². The second kappa shape index (κ2) is 2.32. The maximum atomic E-state index is 1.62. The van der Waals surface area contributed by atoms with Crippen LogP contribution in [-0.4, -0.2) is 0 Å². The Labute approximate surface area is 81.1 Å². The van der Waals surface area contributed by atoms with E-state index in [4.69, 9.17) is 0 Å². The van der Waals surface area contributed by atoms with Crippen molar-refractivity contribution >= 4 is 0 Å². The first-order valence-corrected chi connectivity index (χ1v) is 6.45. The molecule has 0 amide bonds. The molecule has 0 spiro atoms. The predicted molar refractivity (Wildman–Crippen MR) is 53.3 cm³/mol. The van der Waals surface area contributed by atoms with Crippen LogP contribution in [0.4, 0.5) is 0 Å². The van der Waals surface area contributed by atoms with E-state index in [9.17, 15) is 0 Å². The van der Waals surface area contributed by atoms with Gasteiger partial charge in [-0.15, -0.1) is 0 Å². The highest BCUT2D eigenvalue weighted by molar-refractivity contribution is 5.07. The minimum absolute atomic E-state index is 1.19. The van der Waals surface area contributed by atoms with Crippen molar-refractivity contribution in [1.29, 1.82) is 0 Å². The number of rotatable bonds is 0. The monoisotopic (exact) mass is 176 g/mol. The second-order valence-electron chi connectivity index (χ2n) is 6.08. The van der Waals surface area contributed by atoms with Crippen LogP contribution in [0, 0.1) is 35.5 Å². The van der Waals surface area contributed by atoms with E-state index in [0.717, 1.165) is 0 Å². The van der Waals surface area contributed by atoms with Crippen molar-refractivity contribution in [2.24, 2.45) is 35.5 Å². The molecule has 0 N–H and O–H groups in total. The lowest BCUT2D eigenvalue weighted by Crippen LogP contribution is -2.11. The summed E-state index contributed by atoms with van der Waals surface area (Å²) in [5.74, 6) is 7.27. The van der Waals surface area contributed by atoms with Gasteiger partial charge in [-0.05, 0) is 74.0 Å². The maximum absolute atomic E-state index is 1.62. The van der Waals surface area contributed by atoms with Crippen molar-refractivity contribution < 1.29 is 0 Å². The first-order valence-electron chi connectivity index (χ1n) is 6.45. The van der Waals surface area contributed by atoms with E-state index in [1.165, 1.54) is 35.5 Å². The molecule has 0 aromatic rings. The molecular weight excluding hydrogens is 156 g/mol. The summed E-state index contributed by atoms with van der Waals surface area (Å²) in [6, 6.07) is 0. The summed E-state index contributed by atoms with van der Waals surface area (Å²) in [7, 11) is 0. The van der Waals surface area contributed by atoms with E-state index >= 15 is 0 Å². The molecule has 72 valence electrons. The fourth-order valence-corrected chi connectivity index (χ4v) is 5.82. The lowest BCUT2D eigenvalue weighted by atomic mass is 9.88. The molecule has 0 bridgehead atoms. The molecule has 0 aromatic carbocycles. The van der Waals surface area contributed by atoms with Gasteiger partial charge in [0.25, 0.3) is 0 Å². The Morgan fingerprint density at radius 3 is 1.77 bits per heavy atom. The van der Waals surface area contributed by atoms with Crippen molar-refractivity contribution in [3.05, 3.63) is 0 Å². The van der Waals surface area contributed by atoms with Crippen LogP contribution >= 0.6 is 0 Å². The van der Waals surface area contributed by atoms with Gasteiger partial charge in [-0.1, -0.05) is 6.42 Å². The first kappa shape index (κ1) is 7.31. The fraction of sp³-hybridized carbons (Fsp3) is 1.00. The van der Waals surface area contributed by atoms with Gasteiger partial charge in [-0.3, -0.25) is 0 Å². The van der Waals surface area contributed by atoms with Crippen LogP contribution in [0.15, 0.2) is 0 Å². The third-order valence-electron chi connectivity index (χ3n) is 6.00. The van der Waals surface area contributed by atoms with Crippen LogP contribution < -0.4 is 0 Å².